The Morgan fingerprint density at radius 3 is 2.55 bits per heavy atom. The zero-order chi connectivity index (χ0) is 23.5. The fourth-order valence-electron chi connectivity index (χ4n) is 4.50. The Morgan fingerprint density at radius 2 is 1.85 bits per heavy atom. The van der Waals surface area contributed by atoms with Gasteiger partial charge < -0.3 is 10.6 Å². The zero-order valence-corrected chi connectivity index (χ0v) is 21.5. The van der Waals surface area contributed by atoms with Crippen LogP contribution >= 0.6 is 23.1 Å². The molecule has 1 unspecified atom stereocenters. The van der Waals surface area contributed by atoms with Crippen LogP contribution in [0.3, 0.4) is 0 Å². The van der Waals surface area contributed by atoms with Crippen LogP contribution in [0.15, 0.2) is 46.0 Å². The summed E-state index contributed by atoms with van der Waals surface area (Å²) in [6, 6.07) is 9.85. The Bertz CT molecular complexity index is 862. The number of likely N-dealkylation sites (N-methyl/N-ethyl adjacent to an activating group) is 1. The first kappa shape index (κ1) is 25.8. The minimum Gasteiger partial charge on any atom is -0.355 e. The summed E-state index contributed by atoms with van der Waals surface area (Å²) in [7, 11) is 0. The highest BCUT2D eigenvalue weighted by molar-refractivity contribution is 8.00. The summed E-state index contributed by atoms with van der Waals surface area (Å²) >= 11 is 3.12. The van der Waals surface area contributed by atoms with Gasteiger partial charge in [0, 0.05) is 18.0 Å². The third-order valence-electron chi connectivity index (χ3n) is 6.44. The molecule has 33 heavy (non-hydrogen) atoms. The number of thiophene rings is 1. The second-order valence-electron chi connectivity index (χ2n) is 8.60. The predicted octanol–water partition coefficient (Wildman–Crippen LogP) is 5.35. The molecule has 1 atom stereocenters. The lowest BCUT2D eigenvalue weighted by Gasteiger charge is -2.29. The van der Waals surface area contributed by atoms with Gasteiger partial charge in [-0.2, -0.15) is 11.3 Å². The number of benzene rings is 1. The summed E-state index contributed by atoms with van der Waals surface area (Å²) in [5.74, 6) is 0.897. The molecule has 1 aliphatic carbocycles. The molecular weight excluding hydrogens is 450 g/mol. The molecule has 180 valence electrons. The molecule has 5 nitrogen and oxygen atoms in total. The van der Waals surface area contributed by atoms with E-state index in [2.05, 4.69) is 46.2 Å². The minimum atomic E-state index is -0.0897. The molecule has 0 saturated heterocycles. The van der Waals surface area contributed by atoms with Gasteiger partial charge in [0.2, 0.25) is 5.91 Å². The lowest BCUT2D eigenvalue weighted by molar-refractivity contribution is -0.118. The Balaban J connectivity index is 1.54. The Kier molecular flexibility index (Phi) is 10.8. The van der Waals surface area contributed by atoms with E-state index >= 15 is 0 Å². The molecule has 1 fully saturated rings. The normalized spacial score (nSPS) is 15.4. The molecule has 3 rings (SSSR count). The average molecular weight is 488 g/mol. The van der Waals surface area contributed by atoms with Crippen molar-refractivity contribution in [3.05, 3.63) is 52.2 Å². The van der Waals surface area contributed by atoms with E-state index in [-0.39, 0.29) is 17.9 Å². The van der Waals surface area contributed by atoms with Crippen molar-refractivity contribution in [2.45, 2.75) is 56.9 Å². The lowest BCUT2D eigenvalue weighted by atomic mass is 9.89. The number of thioether (sulfide) groups is 1. The van der Waals surface area contributed by atoms with Crippen LogP contribution in [0.25, 0.3) is 0 Å². The third-order valence-corrected chi connectivity index (χ3v) is 8.22. The molecule has 2 amide bonds. The Morgan fingerprint density at radius 1 is 1.09 bits per heavy atom. The number of nitrogens with zero attached hydrogens (tertiary/aromatic N) is 1. The summed E-state index contributed by atoms with van der Waals surface area (Å²) in [6.07, 6.45) is 6.31. The topological polar surface area (TPSA) is 61.4 Å². The van der Waals surface area contributed by atoms with E-state index in [1.807, 2.05) is 24.3 Å². The minimum absolute atomic E-state index is 0.0415. The van der Waals surface area contributed by atoms with E-state index in [4.69, 9.17) is 0 Å². The van der Waals surface area contributed by atoms with Crippen LogP contribution < -0.4 is 10.6 Å². The van der Waals surface area contributed by atoms with Gasteiger partial charge in [-0.1, -0.05) is 45.2 Å². The number of amides is 2. The highest BCUT2D eigenvalue weighted by Crippen LogP contribution is 2.25. The van der Waals surface area contributed by atoms with Crippen LogP contribution in [0.4, 0.5) is 0 Å². The fraction of sp³-hybridized carbons (Fsp3) is 0.538. The molecule has 2 aromatic rings. The summed E-state index contributed by atoms with van der Waals surface area (Å²) in [5, 5.41) is 10.5. The highest BCUT2D eigenvalue weighted by Gasteiger charge is 2.21. The Labute approximate surface area is 206 Å². The molecule has 1 aromatic carbocycles. The number of carbonyl (C=O) groups excluding carboxylic acids is 2. The molecule has 0 bridgehead atoms. The smallest absolute Gasteiger partial charge is 0.252 e. The number of hydrogen-bond acceptors (Lipinski definition) is 5. The average Bonchev–Trinajstić information content (AvgIpc) is 3.39. The Hall–Kier alpha value is -1.83. The van der Waals surface area contributed by atoms with Crippen molar-refractivity contribution < 1.29 is 9.59 Å². The molecular formula is C26H37N3O2S2. The molecule has 0 aliphatic heterocycles. The first-order valence-electron chi connectivity index (χ1n) is 12.1. The van der Waals surface area contributed by atoms with E-state index in [1.165, 1.54) is 49.4 Å². The van der Waals surface area contributed by atoms with E-state index in [9.17, 15) is 9.59 Å². The van der Waals surface area contributed by atoms with Gasteiger partial charge in [0.25, 0.3) is 5.91 Å². The fourth-order valence-corrected chi connectivity index (χ4v) is 6.08. The van der Waals surface area contributed by atoms with E-state index in [0.29, 0.717) is 23.8 Å². The van der Waals surface area contributed by atoms with Crippen LogP contribution in [0.1, 0.15) is 67.9 Å². The molecule has 1 aromatic heterocycles. The molecule has 0 radical (unpaired) electrons. The van der Waals surface area contributed by atoms with Gasteiger partial charge in [-0.15, -0.1) is 11.8 Å². The third kappa shape index (κ3) is 7.87. The quantitative estimate of drug-likeness (QED) is 0.396. The van der Waals surface area contributed by atoms with Crippen molar-refractivity contribution in [2.75, 3.05) is 31.9 Å². The molecule has 2 N–H and O–H groups in total. The van der Waals surface area contributed by atoms with Gasteiger partial charge >= 0.3 is 0 Å². The first-order chi connectivity index (χ1) is 16.1. The van der Waals surface area contributed by atoms with Crippen LogP contribution in [0, 0.1) is 5.92 Å². The number of nitrogens with one attached hydrogen (secondary N) is 2. The maximum Gasteiger partial charge on any atom is 0.252 e. The summed E-state index contributed by atoms with van der Waals surface area (Å²) in [6.45, 7) is 7.48. The van der Waals surface area contributed by atoms with Crippen molar-refractivity contribution in [3.8, 4) is 0 Å². The van der Waals surface area contributed by atoms with Gasteiger partial charge in [-0.3, -0.25) is 14.5 Å². The van der Waals surface area contributed by atoms with Crippen LogP contribution in [0.2, 0.25) is 0 Å². The molecule has 7 heteroatoms. The maximum absolute atomic E-state index is 13.1. The van der Waals surface area contributed by atoms with Crippen LogP contribution in [0.5, 0.6) is 0 Å². The largest absolute Gasteiger partial charge is 0.355 e. The molecule has 1 aliphatic rings. The van der Waals surface area contributed by atoms with Crippen molar-refractivity contribution in [3.63, 3.8) is 0 Å². The number of rotatable bonds is 12. The second kappa shape index (κ2) is 13.8. The molecule has 1 saturated carbocycles. The van der Waals surface area contributed by atoms with Crippen molar-refractivity contribution in [1.82, 2.24) is 15.5 Å². The second-order valence-corrected chi connectivity index (χ2v) is 10.4. The van der Waals surface area contributed by atoms with Crippen molar-refractivity contribution >= 4 is 34.9 Å². The van der Waals surface area contributed by atoms with Crippen molar-refractivity contribution in [1.29, 1.82) is 0 Å². The SMILES string of the molecule is CCN(CC)C(CNC(=O)c1ccccc1SCC(=O)NCC1CCCCC1)c1ccsc1. The van der Waals surface area contributed by atoms with Crippen LogP contribution in [-0.2, 0) is 4.79 Å². The standard InChI is InChI=1S/C26H37N3O2S2/c1-3-29(4-2)23(21-14-15-32-18-21)17-28-26(31)22-12-8-9-13-24(22)33-19-25(30)27-16-20-10-6-5-7-11-20/h8-9,12-15,18,20,23H,3-7,10-11,16-17,19H2,1-2H3,(H,27,30)(H,28,31). The summed E-state index contributed by atoms with van der Waals surface area (Å²) in [4.78, 5) is 28.7. The van der Waals surface area contributed by atoms with Gasteiger partial charge in [-0.05, 0) is 66.4 Å². The predicted molar refractivity (Wildman–Crippen MR) is 139 cm³/mol. The van der Waals surface area contributed by atoms with Gasteiger partial charge in [0.1, 0.15) is 0 Å². The molecule has 0 spiro atoms. The van der Waals surface area contributed by atoms with E-state index in [0.717, 1.165) is 24.5 Å². The molecule has 1 heterocycles. The van der Waals surface area contributed by atoms with E-state index in [1.54, 1.807) is 11.3 Å². The summed E-state index contributed by atoms with van der Waals surface area (Å²) < 4.78 is 0. The summed E-state index contributed by atoms with van der Waals surface area (Å²) in [5.41, 5.74) is 1.87. The number of carbonyl (C=O) groups is 2. The maximum atomic E-state index is 13.1. The first-order valence-corrected chi connectivity index (χ1v) is 14.1. The van der Waals surface area contributed by atoms with Gasteiger partial charge in [0.15, 0.2) is 0 Å². The van der Waals surface area contributed by atoms with Gasteiger partial charge in [-0.25, -0.2) is 0 Å². The van der Waals surface area contributed by atoms with E-state index < -0.39 is 0 Å². The monoisotopic (exact) mass is 487 g/mol. The van der Waals surface area contributed by atoms with Crippen molar-refractivity contribution in [2.24, 2.45) is 5.92 Å². The lowest BCUT2D eigenvalue weighted by Crippen LogP contribution is -2.38. The highest BCUT2D eigenvalue weighted by atomic mass is 32.2. The van der Waals surface area contributed by atoms with Crippen LogP contribution in [-0.4, -0.2) is 48.6 Å². The zero-order valence-electron chi connectivity index (χ0n) is 19.8. The number of hydrogen-bond donors (Lipinski definition) is 2. The van der Waals surface area contributed by atoms with Gasteiger partial charge in [0.05, 0.1) is 17.4 Å².